The maximum atomic E-state index is 9.93. The Hall–Kier alpha value is -17.2. The van der Waals surface area contributed by atoms with Gasteiger partial charge in [0.2, 0.25) is 0 Å². The van der Waals surface area contributed by atoms with Crippen LogP contribution in [0.3, 0.4) is 0 Å². The third-order valence-corrected chi connectivity index (χ3v) is 34.4. The van der Waals surface area contributed by atoms with Crippen molar-refractivity contribution in [1.29, 1.82) is 0 Å². The Morgan fingerprint density at radius 2 is 0.369 bits per heavy atom. The van der Waals surface area contributed by atoms with Crippen molar-refractivity contribution in [1.82, 2.24) is 81.5 Å². The summed E-state index contributed by atoms with van der Waals surface area (Å²) >= 11 is -5.40. The number of imidazole rings is 8. The summed E-state index contributed by atoms with van der Waals surface area (Å²) in [6, 6.07) is 101. The topological polar surface area (TPSA) is 227 Å². The summed E-state index contributed by atoms with van der Waals surface area (Å²) in [6.45, 7) is 0. The Labute approximate surface area is 743 Å². The van der Waals surface area contributed by atoms with Crippen molar-refractivity contribution in [3.8, 4) is 45.5 Å². The van der Waals surface area contributed by atoms with Gasteiger partial charge in [-0.2, -0.15) is 0 Å². The fourth-order valence-electron chi connectivity index (χ4n) is 21.2. The number of fused-ring (bicyclic) bond motifs is 26. The first-order valence-electron chi connectivity index (χ1n) is 42.7. The van der Waals surface area contributed by atoms with Gasteiger partial charge >= 0.3 is 749 Å². The van der Waals surface area contributed by atoms with Crippen molar-refractivity contribution in [2.45, 2.75) is 0 Å². The predicted molar refractivity (Wildman–Crippen MR) is 514 cm³/mol. The average Bonchev–Trinajstić information content (AvgIpc) is 1.51. The standard InChI is InChI=1S/C104H56N24.ClH.In/c1-2-26-58-57(25-1)89(121-49-105-65-33-9-17-41-73(65)121)81-82(90(58)122-50-106-66-34-10-18-42-74(66)122)98-113-97(81)117-99-83-84(92(124-52-108-68-36-12-20-44-76(68)124)60-28-4-3-27-59(60)91(83)123-51-107-67-35-11-19-43-75(67)123)101(114-99)119-103-87-88(96(128-56-112-72-40-16-24-48-80(72)128)64-32-8-7-31-63(64)95(87)127-55-111-71-39-15-23-47-79(71)127)104(116-103)120-102-86-85(100(115-102)118-98)93(125-53-109-69-37-13-21-45-77(69)125)61-29-5-6-30-62(61)94(86)126-54-110-70-38-14-22-46-78(70)126;;/h1-56H;1H;/q-2;;+3/p-1. The molecule has 16 aromatic carbocycles. The minimum absolute atomic E-state index is 0.333. The number of nitrogens with zero attached hydrogens (tertiary/aromatic N) is 24. The Morgan fingerprint density at radius 1 is 0.185 bits per heavy atom. The minimum atomic E-state index is -5.40. The van der Waals surface area contributed by atoms with Gasteiger partial charge in [0.05, 0.1) is 0 Å². The molecule has 130 heavy (non-hydrogen) atoms. The summed E-state index contributed by atoms with van der Waals surface area (Å²) in [7, 11) is 9.93. The molecule has 0 fully saturated rings. The maximum absolute atomic E-state index is 9.93. The molecular formula is C104H56ClInN24. The molecule has 30 rings (SSSR count). The molecule has 26 heteroatoms. The number of rotatable bonds is 8. The number of amidine groups is 4. The average molecular weight is 1790 g/mol. The molecule has 4 aliphatic rings. The van der Waals surface area contributed by atoms with Crippen molar-refractivity contribution in [2.24, 2.45) is 30.0 Å². The van der Waals surface area contributed by atoms with E-state index in [9.17, 15) is 8.58 Å². The fraction of sp³-hybridized carbons (Fsp3) is 0. The number of halogens is 1. The van der Waals surface area contributed by atoms with E-state index < -0.39 is 20.8 Å². The second-order valence-electron chi connectivity index (χ2n) is 33.1. The second kappa shape index (κ2) is 26.0. The zero-order valence-corrected chi connectivity index (χ0v) is 72.1. The van der Waals surface area contributed by atoms with Crippen molar-refractivity contribution < 1.29 is 0 Å². The molecule has 0 spiro atoms. The Bertz CT molecular complexity index is 9420. The molecule has 602 valence electrons. The van der Waals surface area contributed by atoms with E-state index in [4.69, 9.17) is 69.8 Å². The summed E-state index contributed by atoms with van der Waals surface area (Å²) in [4.78, 5) is 81.1. The van der Waals surface area contributed by atoms with Gasteiger partial charge in [0.15, 0.2) is 0 Å². The molecule has 0 saturated heterocycles. The molecule has 0 N–H and O–H groups in total. The van der Waals surface area contributed by atoms with Crippen molar-refractivity contribution in [3.63, 3.8) is 0 Å². The fourth-order valence-corrected chi connectivity index (χ4v) is 28.8. The van der Waals surface area contributed by atoms with Crippen molar-refractivity contribution in [3.05, 3.63) is 375 Å². The summed E-state index contributed by atoms with van der Waals surface area (Å²) in [5, 5.41) is 9.70. The van der Waals surface area contributed by atoms with Crippen LogP contribution in [-0.4, -0.2) is 126 Å². The summed E-state index contributed by atoms with van der Waals surface area (Å²) < 4.78 is 22.3. The zero-order chi connectivity index (χ0) is 84.6. The SMILES string of the molecule is [Cl][In]1[n]2c3c4c(-n5cnc6ccccc65)c5ccccc5c(-n5cnc6ccccc65)c4c2N=C2N=C(N=c4c5c(-n6cnc7ccccc76)c6ccccc6c(-n6cnc7ccccc76)c5c([n]41)=NC1=NC(=N3)c3c1c(-n1cnc4ccccc41)c1ccccc1c3-n1cnc3ccccc31)c1c2c(-n2cnc3ccccc32)c2ccccc2c1-n1cnc2ccccc21. The van der Waals surface area contributed by atoms with E-state index in [0.717, 1.165) is 177 Å². The van der Waals surface area contributed by atoms with Crippen LogP contribution in [0.15, 0.2) is 372 Å². The first kappa shape index (κ1) is 70.2. The van der Waals surface area contributed by atoms with Gasteiger partial charge in [-0.1, -0.05) is 0 Å². The van der Waals surface area contributed by atoms with E-state index in [1.807, 2.05) is 99.1 Å². The van der Waals surface area contributed by atoms with Gasteiger partial charge in [0, 0.05) is 0 Å². The molecule has 0 unspecified atom stereocenters. The van der Waals surface area contributed by atoms with Crippen LogP contribution < -0.4 is 11.0 Å². The number of para-hydroxylation sites is 16. The monoisotopic (exact) mass is 1790 g/mol. The van der Waals surface area contributed by atoms with E-state index in [1.165, 1.54) is 0 Å². The summed E-state index contributed by atoms with van der Waals surface area (Å²) in [6.07, 6.45) is 15.4. The van der Waals surface area contributed by atoms with Crippen LogP contribution in [0.5, 0.6) is 0 Å². The number of aliphatic imine (C=N–C) groups is 4. The zero-order valence-electron chi connectivity index (χ0n) is 68.0. The van der Waals surface area contributed by atoms with Crippen LogP contribution in [0, 0.1) is 0 Å². The molecule has 0 atom stereocenters. The second-order valence-corrected chi connectivity index (χ2v) is 40.4. The molecule has 6 bridgehead atoms. The molecule has 0 amide bonds. The molecule has 26 aromatic rings. The van der Waals surface area contributed by atoms with Crippen LogP contribution in [0.1, 0.15) is 22.3 Å². The van der Waals surface area contributed by atoms with Gasteiger partial charge in [-0.05, 0) is 0 Å². The quantitative estimate of drug-likeness (QED) is 0.142. The van der Waals surface area contributed by atoms with Crippen molar-refractivity contribution in [2.75, 3.05) is 0 Å². The summed E-state index contributed by atoms with van der Waals surface area (Å²) in [5.74, 6) is 2.22. The van der Waals surface area contributed by atoms with Gasteiger partial charge in [0.25, 0.3) is 0 Å². The molecular weight excluding hydrogens is 1740 g/mol. The summed E-state index contributed by atoms with van der Waals surface area (Å²) in [5.41, 5.74) is 22.7. The molecule has 0 aliphatic carbocycles. The van der Waals surface area contributed by atoms with E-state index in [-0.39, 0.29) is 0 Å². The third kappa shape index (κ3) is 9.32. The molecule has 4 aliphatic heterocycles. The predicted octanol–water partition coefficient (Wildman–Crippen LogP) is 20.5. The molecule has 10 aromatic heterocycles. The van der Waals surface area contributed by atoms with E-state index in [0.29, 0.717) is 89.8 Å². The van der Waals surface area contributed by atoms with Crippen molar-refractivity contribution >= 4 is 217 Å². The van der Waals surface area contributed by atoms with Gasteiger partial charge in [-0.25, -0.2) is 0 Å². The van der Waals surface area contributed by atoms with E-state index in [1.54, 1.807) is 0 Å². The number of hydrogen-bond donors (Lipinski definition) is 0. The third-order valence-electron chi connectivity index (χ3n) is 26.6. The molecule has 0 saturated carbocycles. The Balaban J connectivity index is 0.917. The molecule has 0 radical (unpaired) electrons. The number of hydrogen-bond acceptors (Lipinski definition) is 14. The normalized spacial score (nSPS) is 13.6. The van der Waals surface area contributed by atoms with Crippen LogP contribution in [-0.2, 0) is 0 Å². The van der Waals surface area contributed by atoms with Crippen LogP contribution in [0.2, 0.25) is 0 Å². The number of benzene rings is 16. The first-order chi connectivity index (χ1) is 64.5. The van der Waals surface area contributed by atoms with E-state index in [2.05, 4.69) is 284 Å². The van der Waals surface area contributed by atoms with Gasteiger partial charge in [-0.3, -0.25) is 0 Å². The first-order valence-corrected chi connectivity index (χ1v) is 49.9. The van der Waals surface area contributed by atoms with E-state index >= 15 is 0 Å². The van der Waals surface area contributed by atoms with Gasteiger partial charge < -0.3 is 0 Å². The van der Waals surface area contributed by atoms with Gasteiger partial charge in [0.1, 0.15) is 0 Å². The van der Waals surface area contributed by atoms with Crippen LogP contribution in [0.25, 0.3) is 198 Å². The van der Waals surface area contributed by atoms with Gasteiger partial charge in [-0.15, -0.1) is 0 Å². The van der Waals surface area contributed by atoms with Crippen LogP contribution in [0.4, 0.5) is 11.6 Å². The Kier molecular flexibility index (Phi) is 14.0. The van der Waals surface area contributed by atoms with Crippen LogP contribution >= 0.6 is 8.58 Å². The molecule has 24 nitrogen and oxygen atoms in total. The number of aromatic nitrogens is 18. The molecule has 14 heterocycles. The Morgan fingerprint density at radius 3 is 0.600 bits per heavy atom.